The Morgan fingerprint density at radius 1 is 1.06 bits per heavy atom. The fraction of sp³-hybridized carbons (Fsp3) is 0.348. The molecule has 31 heavy (non-hydrogen) atoms. The average molecular weight is 443 g/mol. The van der Waals surface area contributed by atoms with Crippen LogP contribution in [-0.2, 0) is 16.1 Å². The number of halogens is 1. The standard InChI is InChI=1S/C23H27ClN4O3/c24-19-7-5-17(6-8-19)23(31)26-12-11-21(29)27-20-9-3-16(4-10-20)14-28-13-1-2-18(15-28)22(25)30/h3-10,18H,1-2,11-15H2,(H2,25,30)(H,26,31)(H,27,29). The zero-order valence-electron chi connectivity index (χ0n) is 17.3. The Bertz CT molecular complexity index is 915. The van der Waals surface area contributed by atoms with Crippen LogP contribution in [0.4, 0.5) is 5.69 Å². The number of nitrogens with one attached hydrogen (secondary N) is 2. The number of hydrogen-bond acceptors (Lipinski definition) is 4. The minimum absolute atomic E-state index is 0.0764. The van der Waals surface area contributed by atoms with Gasteiger partial charge in [-0.15, -0.1) is 0 Å². The summed E-state index contributed by atoms with van der Waals surface area (Å²) in [5.41, 5.74) is 7.75. The van der Waals surface area contributed by atoms with Crippen LogP contribution in [0.5, 0.6) is 0 Å². The minimum Gasteiger partial charge on any atom is -0.369 e. The number of amides is 3. The Morgan fingerprint density at radius 3 is 2.45 bits per heavy atom. The fourth-order valence-corrected chi connectivity index (χ4v) is 3.73. The lowest BCUT2D eigenvalue weighted by Gasteiger charge is -2.31. The summed E-state index contributed by atoms with van der Waals surface area (Å²) in [6.07, 6.45) is 2.00. The lowest BCUT2D eigenvalue weighted by Crippen LogP contribution is -2.40. The van der Waals surface area contributed by atoms with Crippen LogP contribution < -0.4 is 16.4 Å². The molecule has 3 amide bonds. The van der Waals surface area contributed by atoms with E-state index in [0.717, 1.165) is 31.5 Å². The second kappa shape index (κ2) is 10.9. The molecule has 1 atom stereocenters. The van der Waals surface area contributed by atoms with Crippen LogP contribution >= 0.6 is 11.6 Å². The van der Waals surface area contributed by atoms with Crippen LogP contribution in [-0.4, -0.2) is 42.3 Å². The van der Waals surface area contributed by atoms with Gasteiger partial charge in [-0.25, -0.2) is 0 Å². The highest BCUT2D eigenvalue weighted by Gasteiger charge is 2.23. The number of nitrogens with zero attached hydrogens (tertiary/aromatic N) is 1. The van der Waals surface area contributed by atoms with Gasteiger partial charge in [0.15, 0.2) is 0 Å². The maximum absolute atomic E-state index is 12.1. The topological polar surface area (TPSA) is 105 Å². The van der Waals surface area contributed by atoms with Gasteiger partial charge in [0.25, 0.3) is 5.91 Å². The quantitative estimate of drug-likeness (QED) is 0.584. The zero-order chi connectivity index (χ0) is 22.2. The largest absolute Gasteiger partial charge is 0.369 e. The highest BCUT2D eigenvalue weighted by Crippen LogP contribution is 2.19. The third-order valence-corrected chi connectivity index (χ3v) is 5.55. The lowest BCUT2D eigenvalue weighted by molar-refractivity contribution is -0.123. The van der Waals surface area contributed by atoms with Crippen molar-refractivity contribution >= 4 is 35.0 Å². The maximum Gasteiger partial charge on any atom is 0.251 e. The molecule has 0 saturated carbocycles. The summed E-state index contributed by atoms with van der Waals surface area (Å²) in [5.74, 6) is -0.728. The van der Waals surface area contributed by atoms with Crippen LogP contribution in [0.1, 0.15) is 35.2 Å². The number of carbonyl (C=O) groups is 3. The molecular formula is C23H27ClN4O3. The van der Waals surface area contributed by atoms with E-state index in [2.05, 4.69) is 15.5 Å². The Labute approximate surface area is 186 Å². The molecule has 164 valence electrons. The average Bonchev–Trinajstić information content (AvgIpc) is 2.75. The van der Waals surface area contributed by atoms with Gasteiger partial charge in [-0.2, -0.15) is 0 Å². The molecule has 7 nitrogen and oxygen atoms in total. The molecule has 0 bridgehead atoms. The smallest absolute Gasteiger partial charge is 0.251 e. The van der Waals surface area contributed by atoms with E-state index >= 15 is 0 Å². The van der Waals surface area contributed by atoms with Crippen molar-refractivity contribution in [2.24, 2.45) is 11.7 Å². The van der Waals surface area contributed by atoms with Gasteiger partial charge in [0.2, 0.25) is 11.8 Å². The predicted octanol–water partition coefficient (Wildman–Crippen LogP) is 2.80. The molecule has 1 saturated heterocycles. The van der Waals surface area contributed by atoms with E-state index < -0.39 is 0 Å². The first-order chi connectivity index (χ1) is 14.9. The van der Waals surface area contributed by atoms with Gasteiger partial charge < -0.3 is 16.4 Å². The van der Waals surface area contributed by atoms with E-state index in [1.165, 1.54) is 0 Å². The molecule has 0 radical (unpaired) electrons. The number of carbonyl (C=O) groups excluding carboxylic acids is 3. The Hall–Kier alpha value is -2.90. The molecule has 2 aromatic carbocycles. The summed E-state index contributed by atoms with van der Waals surface area (Å²) < 4.78 is 0. The summed E-state index contributed by atoms with van der Waals surface area (Å²) in [4.78, 5) is 37.8. The van der Waals surface area contributed by atoms with Crippen LogP contribution in [0.25, 0.3) is 0 Å². The molecule has 3 rings (SSSR count). The van der Waals surface area contributed by atoms with Crippen molar-refractivity contribution in [2.45, 2.75) is 25.8 Å². The molecule has 0 spiro atoms. The van der Waals surface area contributed by atoms with Gasteiger partial charge in [0.1, 0.15) is 0 Å². The second-order valence-corrected chi connectivity index (χ2v) is 8.17. The summed E-state index contributed by atoms with van der Waals surface area (Å²) >= 11 is 5.81. The van der Waals surface area contributed by atoms with Crippen LogP contribution in [0.2, 0.25) is 5.02 Å². The summed E-state index contributed by atoms with van der Waals surface area (Å²) in [6.45, 7) is 2.62. The molecule has 2 aromatic rings. The van der Waals surface area contributed by atoms with E-state index in [1.807, 2.05) is 24.3 Å². The van der Waals surface area contributed by atoms with Crippen molar-refractivity contribution in [2.75, 3.05) is 25.0 Å². The number of anilines is 1. The number of primary amides is 1. The summed E-state index contributed by atoms with van der Waals surface area (Å²) in [6, 6.07) is 14.2. The lowest BCUT2D eigenvalue weighted by atomic mass is 9.97. The first kappa shape index (κ1) is 22.8. The number of benzene rings is 2. The molecule has 1 aliphatic rings. The first-order valence-electron chi connectivity index (χ1n) is 10.3. The van der Waals surface area contributed by atoms with E-state index in [0.29, 0.717) is 22.8 Å². The third kappa shape index (κ3) is 7.08. The van der Waals surface area contributed by atoms with Crippen molar-refractivity contribution in [3.8, 4) is 0 Å². The Morgan fingerprint density at radius 2 is 1.77 bits per heavy atom. The van der Waals surface area contributed by atoms with Crippen molar-refractivity contribution < 1.29 is 14.4 Å². The molecule has 8 heteroatoms. The minimum atomic E-state index is -0.245. The molecule has 1 heterocycles. The van der Waals surface area contributed by atoms with Crippen molar-refractivity contribution in [3.63, 3.8) is 0 Å². The zero-order valence-corrected chi connectivity index (χ0v) is 18.0. The maximum atomic E-state index is 12.1. The van der Waals surface area contributed by atoms with Gasteiger partial charge >= 0.3 is 0 Å². The molecular weight excluding hydrogens is 416 g/mol. The highest BCUT2D eigenvalue weighted by atomic mass is 35.5. The molecule has 1 fully saturated rings. The third-order valence-electron chi connectivity index (χ3n) is 5.30. The van der Waals surface area contributed by atoms with E-state index in [1.54, 1.807) is 24.3 Å². The van der Waals surface area contributed by atoms with Gasteiger partial charge in [-0.3, -0.25) is 19.3 Å². The number of piperidine rings is 1. The van der Waals surface area contributed by atoms with E-state index in [4.69, 9.17) is 17.3 Å². The molecule has 1 unspecified atom stereocenters. The van der Waals surface area contributed by atoms with E-state index in [9.17, 15) is 14.4 Å². The van der Waals surface area contributed by atoms with Crippen molar-refractivity contribution in [1.82, 2.24) is 10.2 Å². The van der Waals surface area contributed by atoms with Gasteiger partial charge in [0.05, 0.1) is 5.92 Å². The summed E-state index contributed by atoms with van der Waals surface area (Å²) in [7, 11) is 0. The second-order valence-electron chi connectivity index (χ2n) is 7.73. The van der Waals surface area contributed by atoms with Gasteiger partial charge in [0, 0.05) is 42.3 Å². The molecule has 4 N–H and O–H groups in total. The number of hydrogen-bond donors (Lipinski definition) is 3. The van der Waals surface area contributed by atoms with Crippen LogP contribution in [0, 0.1) is 5.92 Å². The van der Waals surface area contributed by atoms with Gasteiger partial charge in [-0.1, -0.05) is 23.7 Å². The summed E-state index contributed by atoms with van der Waals surface area (Å²) in [5, 5.41) is 6.12. The molecule has 0 aliphatic carbocycles. The normalized spacial score (nSPS) is 16.5. The molecule has 1 aliphatic heterocycles. The first-order valence-corrected chi connectivity index (χ1v) is 10.7. The van der Waals surface area contributed by atoms with E-state index in [-0.39, 0.29) is 36.6 Å². The highest BCUT2D eigenvalue weighted by molar-refractivity contribution is 6.30. The van der Waals surface area contributed by atoms with Crippen molar-refractivity contribution in [3.05, 3.63) is 64.7 Å². The Kier molecular flexibility index (Phi) is 8.03. The number of nitrogens with two attached hydrogens (primary N) is 1. The number of rotatable bonds is 8. The SMILES string of the molecule is NC(=O)C1CCCN(Cc2ccc(NC(=O)CCNC(=O)c3ccc(Cl)cc3)cc2)C1. The van der Waals surface area contributed by atoms with Crippen LogP contribution in [0.15, 0.2) is 48.5 Å². The Balaban J connectivity index is 1.41. The number of likely N-dealkylation sites (tertiary alicyclic amines) is 1. The fourth-order valence-electron chi connectivity index (χ4n) is 3.60. The van der Waals surface area contributed by atoms with Crippen molar-refractivity contribution in [1.29, 1.82) is 0 Å². The predicted molar refractivity (Wildman–Crippen MR) is 121 cm³/mol. The van der Waals surface area contributed by atoms with Gasteiger partial charge in [-0.05, 0) is 61.3 Å². The van der Waals surface area contributed by atoms with Crippen LogP contribution in [0.3, 0.4) is 0 Å². The molecule has 0 aromatic heterocycles. The monoisotopic (exact) mass is 442 g/mol.